The number of hydrogen-bond acceptors (Lipinski definition) is 1. The number of rotatable bonds is 2. The van der Waals surface area contributed by atoms with Crippen LogP contribution in [-0.4, -0.2) is 6.29 Å². The van der Waals surface area contributed by atoms with E-state index in [-0.39, 0.29) is 0 Å². The van der Waals surface area contributed by atoms with Crippen LogP contribution < -0.4 is 0 Å². The van der Waals surface area contributed by atoms with E-state index in [1.54, 1.807) is 0 Å². The van der Waals surface area contributed by atoms with Gasteiger partial charge in [0, 0.05) is 6.42 Å². The number of hydrogen-bond donors (Lipinski definition) is 0. The van der Waals surface area contributed by atoms with E-state index in [2.05, 4.69) is 0 Å². The molecule has 0 radical (unpaired) electrons. The van der Waals surface area contributed by atoms with Crippen molar-refractivity contribution >= 4 is 6.29 Å². The Labute approximate surface area is 79.9 Å². The zero-order valence-electron chi connectivity index (χ0n) is 8.11. The Morgan fingerprint density at radius 1 is 1.08 bits per heavy atom. The van der Waals surface area contributed by atoms with E-state index in [1.807, 2.05) is 0 Å². The highest BCUT2D eigenvalue weighted by molar-refractivity contribution is 5.50. The highest BCUT2D eigenvalue weighted by Gasteiger charge is 2.53. The molecule has 3 aliphatic rings. The molecule has 0 aromatic heterocycles. The third kappa shape index (κ3) is 1.02. The maximum Gasteiger partial charge on any atom is 0.120 e. The van der Waals surface area contributed by atoms with Crippen LogP contribution in [0, 0.1) is 29.6 Å². The Morgan fingerprint density at radius 2 is 1.92 bits per heavy atom. The molecule has 1 nitrogen and oxygen atoms in total. The predicted octanol–water partition coefficient (Wildman–Crippen LogP) is 2.65. The summed E-state index contributed by atoms with van der Waals surface area (Å²) >= 11 is 0. The fourth-order valence-corrected chi connectivity index (χ4v) is 4.60. The molecule has 0 N–H and O–H groups in total. The van der Waals surface area contributed by atoms with Crippen molar-refractivity contribution in [3.8, 4) is 0 Å². The Bertz CT molecular complexity index is 223. The Balaban J connectivity index is 1.77. The summed E-state index contributed by atoms with van der Waals surface area (Å²) in [5.74, 6) is 4.85. The van der Waals surface area contributed by atoms with Gasteiger partial charge in [0.15, 0.2) is 0 Å². The second kappa shape index (κ2) is 2.83. The van der Waals surface area contributed by atoms with Crippen LogP contribution in [0.4, 0.5) is 0 Å². The van der Waals surface area contributed by atoms with Crippen LogP contribution in [0.1, 0.15) is 38.5 Å². The molecule has 0 aliphatic heterocycles. The summed E-state index contributed by atoms with van der Waals surface area (Å²) < 4.78 is 0. The molecule has 3 saturated carbocycles. The predicted molar refractivity (Wildman–Crippen MR) is 51.2 cm³/mol. The summed E-state index contributed by atoms with van der Waals surface area (Å²) in [5.41, 5.74) is 0. The average Bonchev–Trinajstić information content (AvgIpc) is 2.72. The molecule has 0 amide bonds. The summed E-state index contributed by atoms with van der Waals surface area (Å²) in [6.07, 6.45) is 9.29. The lowest BCUT2D eigenvalue weighted by Gasteiger charge is -2.30. The monoisotopic (exact) mass is 178 g/mol. The zero-order chi connectivity index (χ0) is 8.84. The van der Waals surface area contributed by atoms with Crippen molar-refractivity contribution in [2.75, 3.05) is 0 Å². The van der Waals surface area contributed by atoms with Crippen LogP contribution in [0.3, 0.4) is 0 Å². The van der Waals surface area contributed by atoms with Gasteiger partial charge in [0.2, 0.25) is 0 Å². The first-order chi connectivity index (χ1) is 6.40. The standard InChI is InChI=1S/C12H18O/c13-5-4-8-6-9-7-12(8)11-3-1-2-10(9)11/h5,8-12H,1-4,6-7H2/t8-,9+,10-,11-,12+/m0/s1. The van der Waals surface area contributed by atoms with Crippen molar-refractivity contribution in [2.24, 2.45) is 29.6 Å². The second-order valence-electron chi connectivity index (χ2n) is 5.32. The normalized spacial score (nSPS) is 52.5. The molecule has 3 aliphatic carbocycles. The van der Waals surface area contributed by atoms with Crippen LogP contribution in [-0.2, 0) is 4.79 Å². The van der Waals surface area contributed by atoms with Crippen molar-refractivity contribution in [1.82, 2.24) is 0 Å². The molecule has 0 unspecified atom stereocenters. The quantitative estimate of drug-likeness (QED) is 0.594. The van der Waals surface area contributed by atoms with Crippen LogP contribution in [0.15, 0.2) is 0 Å². The van der Waals surface area contributed by atoms with E-state index < -0.39 is 0 Å². The zero-order valence-corrected chi connectivity index (χ0v) is 8.11. The highest BCUT2D eigenvalue weighted by Crippen LogP contribution is 2.61. The molecular formula is C12H18O. The lowest BCUT2D eigenvalue weighted by Crippen LogP contribution is -2.24. The minimum absolute atomic E-state index is 0.779. The minimum atomic E-state index is 0.779. The molecule has 3 fully saturated rings. The first kappa shape index (κ1) is 8.02. The van der Waals surface area contributed by atoms with Gasteiger partial charge in [-0.3, -0.25) is 0 Å². The number of carbonyl (C=O) groups excluding carboxylic acids is 1. The summed E-state index contributed by atoms with van der Waals surface area (Å²) in [7, 11) is 0. The lowest BCUT2D eigenvalue weighted by molar-refractivity contribution is -0.109. The van der Waals surface area contributed by atoms with Gasteiger partial charge in [-0.2, -0.15) is 0 Å². The number of carbonyl (C=O) groups is 1. The van der Waals surface area contributed by atoms with Crippen LogP contribution in [0.5, 0.6) is 0 Å². The lowest BCUT2D eigenvalue weighted by atomic mass is 9.75. The van der Waals surface area contributed by atoms with Crippen LogP contribution in [0.2, 0.25) is 0 Å². The van der Waals surface area contributed by atoms with Crippen LogP contribution in [0.25, 0.3) is 0 Å². The molecule has 72 valence electrons. The molecule has 0 saturated heterocycles. The molecular weight excluding hydrogens is 160 g/mol. The summed E-state index contributed by atoms with van der Waals surface area (Å²) in [6.45, 7) is 0. The van der Waals surface area contributed by atoms with E-state index in [0.29, 0.717) is 0 Å². The maximum atomic E-state index is 10.5. The average molecular weight is 178 g/mol. The van der Waals surface area contributed by atoms with Crippen molar-refractivity contribution < 1.29 is 4.79 Å². The topological polar surface area (TPSA) is 17.1 Å². The van der Waals surface area contributed by atoms with Crippen molar-refractivity contribution in [1.29, 1.82) is 0 Å². The van der Waals surface area contributed by atoms with E-state index >= 15 is 0 Å². The van der Waals surface area contributed by atoms with Gasteiger partial charge >= 0.3 is 0 Å². The van der Waals surface area contributed by atoms with E-state index in [1.165, 1.54) is 32.1 Å². The summed E-state index contributed by atoms with van der Waals surface area (Å²) in [4.78, 5) is 10.5. The number of aldehydes is 1. The highest BCUT2D eigenvalue weighted by atomic mass is 16.1. The fourth-order valence-electron chi connectivity index (χ4n) is 4.60. The summed E-state index contributed by atoms with van der Waals surface area (Å²) in [5, 5.41) is 0. The molecule has 3 rings (SSSR count). The smallest absolute Gasteiger partial charge is 0.120 e. The van der Waals surface area contributed by atoms with E-state index in [9.17, 15) is 4.79 Å². The van der Waals surface area contributed by atoms with Gasteiger partial charge in [-0.1, -0.05) is 6.42 Å². The Morgan fingerprint density at radius 3 is 2.77 bits per heavy atom. The van der Waals surface area contributed by atoms with Gasteiger partial charge in [-0.05, 0) is 55.3 Å². The maximum absolute atomic E-state index is 10.5. The Hall–Kier alpha value is -0.330. The van der Waals surface area contributed by atoms with Gasteiger partial charge < -0.3 is 4.79 Å². The van der Waals surface area contributed by atoms with Crippen molar-refractivity contribution in [3.63, 3.8) is 0 Å². The fraction of sp³-hybridized carbons (Fsp3) is 0.917. The molecule has 0 spiro atoms. The van der Waals surface area contributed by atoms with Gasteiger partial charge in [0.25, 0.3) is 0 Å². The third-order valence-electron chi connectivity index (χ3n) is 4.97. The summed E-state index contributed by atoms with van der Waals surface area (Å²) in [6, 6.07) is 0. The van der Waals surface area contributed by atoms with E-state index in [0.717, 1.165) is 42.3 Å². The minimum Gasteiger partial charge on any atom is -0.303 e. The first-order valence-corrected chi connectivity index (χ1v) is 5.84. The van der Waals surface area contributed by atoms with E-state index in [4.69, 9.17) is 0 Å². The van der Waals surface area contributed by atoms with Crippen molar-refractivity contribution in [2.45, 2.75) is 38.5 Å². The second-order valence-corrected chi connectivity index (χ2v) is 5.32. The molecule has 0 aromatic carbocycles. The SMILES string of the molecule is O=CC[C@H]1C[C@@H]2C[C@H]1[C@H]1CCC[C@@H]21. The Kier molecular flexibility index (Phi) is 1.75. The van der Waals surface area contributed by atoms with Gasteiger partial charge in [-0.15, -0.1) is 0 Å². The number of fused-ring (bicyclic) bond motifs is 5. The molecule has 5 atom stereocenters. The van der Waals surface area contributed by atoms with Crippen molar-refractivity contribution in [3.05, 3.63) is 0 Å². The first-order valence-electron chi connectivity index (χ1n) is 5.84. The molecule has 13 heavy (non-hydrogen) atoms. The van der Waals surface area contributed by atoms with Gasteiger partial charge in [-0.25, -0.2) is 0 Å². The molecule has 0 aromatic rings. The molecule has 0 heterocycles. The molecule has 2 bridgehead atoms. The third-order valence-corrected chi connectivity index (χ3v) is 4.97. The largest absolute Gasteiger partial charge is 0.303 e. The van der Waals surface area contributed by atoms with Gasteiger partial charge in [0.1, 0.15) is 6.29 Å². The van der Waals surface area contributed by atoms with Gasteiger partial charge in [0.05, 0.1) is 0 Å². The van der Waals surface area contributed by atoms with Crippen LogP contribution >= 0.6 is 0 Å². The molecule has 1 heteroatoms.